The second-order valence-corrected chi connectivity index (χ2v) is 7.01. The molecule has 0 radical (unpaired) electrons. The van der Waals surface area contributed by atoms with Gasteiger partial charge in [-0.25, -0.2) is 5.43 Å². The number of anilines is 1. The molecule has 2 N–H and O–H groups in total. The Morgan fingerprint density at radius 2 is 1.66 bits per heavy atom. The number of nitrogens with zero attached hydrogens (tertiary/aromatic N) is 2. The molecule has 1 saturated heterocycles. The van der Waals surface area contributed by atoms with Gasteiger partial charge in [0.05, 0.1) is 30.7 Å². The van der Waals surface area contributed by atoms with E-state index in [0.717, 1.165) is 0 Å². The van der Waals surface area contributed by atoms with Crippen molar-refractivity contribution < 1.29 is 28.6 Å². The molecule has 0 aliphatic carbocycles. The molecule has 4 rings (SSSR count). The van der Waals surface area contributed by atoms with E-state index in [1.807, 2.05) is 0 Å². The van der Waals surface area contributed by atoms with Gasteiger partial charge in [0.25, 0.3) is 5.91 Å². The van der Waals surface area contributed by atoms with Gasteiger partial charge in [-0.3, -0.25) is 14.4 Å². The topological polar surface area (TPSA) is 119 Å². The summed E-state index contributed by atoms with van der Waals surface area (Å²) in [7, 11) is 0. The van der Waals surface area contributed by atoms with E-state index < -0.39 is 11.8 Å². The summed E-state index contributed by atoms with van der Waals surface area (Å²) in [5.41, 5.74) is 3.39. The monoisotopic (exact) mass is 438 g/mol. The van der Waals surface area contributed by atoms with Crippen molar-refractivity contribution >= 4 is 29.6 Å². The van der Waals surface area contributed by atoms with E-state index in [1.165, 1.54) is 6.21 Å². The SMILES string of the molecule is O=C(N/N=C\c1ccc2c(c1)OCCO2)C(=O)Nc1ccccc1C(=O)N1CCOCC1. The molecular formula is C22H22N4O6. The quantitative estimate of drug-likeness (QED) is 0.418. The number of morpholine rings is 1. The average Bonchev–Trinajstić information content (AvgIpc) is 2.84. The van der Waals surface area contributed by atoms with Gasteiger partial charge in [-0.2, -0.15) is 5.10 Å². The Morgan fingerprint density at radius 3 is 2.47 bits per heavy atom. The van der Waals surface area contributed by atoms with Crippen molar-refractivity contribution in [2.24, 2.45) is 5.10 Å². The predicted molar refractivity (Wildman–Crippen MR) is 115 cm³/mol. The molecule has 2 heterocycles. The van der Waals surface area contributed by atoms with Gasteiger partial charge in [0.15, 0.2) is 11.5 Å². The smallest absolute Gasteiger partial charge is 0.329 e. The van der Waals surface area contributed by atoms with Crippen LogP contribution in [0.25, 0.3) is 0 Å². The van der Waals surface area contributed by atoms with Crippen molar-refractivity contribution in [2.45, 2.75) is 0 Å². The van der Waals surface area contributed by atoms with Crippen molar-refractivity contribution in [3.05, 3.63) is 53.6 Å². The van der Waals surface area contributed by atoms with Crippen molar-refractivity contribution in [2.75, 3.05) is 44.8 Å². The van der Waals surface area contributed by atoms with E-state index in [1.54, 1.807) is 47.4 Å². The summed E-state index contributed by atoms with van der Waals surface area (Å²) in [6.07, 6.45) is 1.39. The van der Waals surface area contributed by atoms with Crippen LogP contribution in [-0.2, 0) is 14.3 Å². The molecule has 2 aromatic rings. The van der Waals surface area contributed by atoms with Crippen molar-refractivity contribution in [1.82, 2.24) is 10.3 Å². The summed E-state index contributed by atoms with van der Waals surface area (Å²) in [5, 5.41) is 6.29. The van der Waals surface area contributed by atoms with Gasteiger partial charge in [-0.15, -0.1) is 0 Å². The summed E-state index contributed by atoms with van der Waals surface area (Å²) in [5.74, 6) is -0.909. The summed E-state index contributed by atoms with van der Waals surface area (Å²) in [4.78, 5) is 38.9. The highest BCUT2D eigenvalue weighted by Crippen LogP contribution is 2.30. The maximum absolute atomic E-state index is 12.8. The van der Waals surface area contributed by atoms with Gasteiger partial charge in [-0.05, 0) is 35.9 Å². The van der Waals surface area contributed by atoms with Crippen LogP contribution in [0.15, 0.2) is 47.6 Å². The highest BCUT2D eigenvalue weighted by atomic mass is 16.6. The maximum Gasteiger partial charge on any atom is 0.329 e. The lowest BCUT2D eigenvalue weighted by Crippen LogP contribution is -2.41. The lowest BCUT2D eigenvalue weighted by Gasteiger charge is -2.27. The van der Waals surface area contributed by atoms with Crippen LogP contribution in [-0.4, -0.2) is 68.4 Å². The average molecular weight is 438 g/mol. The van der Waals surface area contributed by atoms with Crippen LogP contribution in [0.5, 0.6) is 11.5 Å². The Hall–Kier alpha value is -3.92. The molecule has 0 unspecified atom stereocenters. The first-order valence-corrected chi connectivity index (χ1v) is 10.1. The lowest BCUT2D eigenvalue weighted by atomic mass is 10.1. The van der Waals surface area contributed by atoms with E-state index in [9.17, 15) is 14.4 Å². The minimum atomic E-state index is -0.965. The Bertz CT molecular complexity index is 1050. The third-order valence-electron chi connectivity index (χ3n) is 4.86. The predicted octanol–water partition coefficient (Wildman–Crippen LogP) is 1.02. The number of hydrogen-bond donors (Lipinski definition) is 2. The molecule has 0 spiro atoms. The summed E-state index contributed by atoms with van der Waals surface area (Å²) < 4.78 is 16.2. The van der Waals surface area contributed by atoms with E-state index in [4.69, 9.17) is 14.2 Å². The summed E-state index contributed by atoms with van der Waals surface area (Å²) in [6.45, 7) is 2.81. The maximum atomic E-state index is 12.8. The molecule has 32 heavy (non-hydrogen) atoms. The number of para-hydroxylation sites is 1. The van der Waals surface area contributed by atoms with Gasteiger partial charge >= 0.3 is 11.8 Å². The molecule has 0 atom stereocenters. The Labute approximate surface area is 184 Å². The zero-order valence-corrected chi connectivity index (χ0v) is 17.2. The molecule has 2 aliphatic rings. The molecule has 3 amide bonds. The number of ether oxygens (including phenoxy) is 3. The number of hydrazone groups is 1. The van der Waals surface area contributed by atoms with Crippen molar-refractivity contribution in [3.63, 3.8) is 0 Å². The largest absolute Gasteiger partial charge is 0.486 e. The molecule has 166 valence electrons. The number of rotatable bonds is 4. The zero-order chi connectivity index (χ0) is 22.3. The second kappa shape index (κ2) is 9.92. The number of fused-ring (bicyclic) bond motifs is 1. The first kappa shape index (κ1) is 21.3. The van der Waals surface area contributed by atoms with Crippen LogP contribution < -0.4 is 20.2 Å². The number of amides is 3. The molecule has 2 aliphatic heterocycles. The fraction of sp³-hybridized carbons (Fsp3) is 0.273. The number of carbonyl (C=O) groups is 3. The number of nitrogens with one attached hydrogen (secondary N) is 2. The minimum absolute atomic E-state index is 0.235. The minimum Gasteiger partial charge on any atom is -0.486 e. The van der Waals surface area contributed by atoms with Crippen molar-refractivity contribution in [3.8, 4) is 11.5 Å². The molecule has 10 nitrogen and oxygen atoms in total. The lowest BCUT2D eigenvalue weighted by molar-refractivity contribution is -0.136. The Kier molecular flexibility index (Phi) is 6.61. The highest BCUT2D eigenvalue weighted by Gasteiger charge is 2.23. The van der Waals surface area contributed by atoms with Gasteiger partial charge < -0.3 is 24.4 Å². The normalized spacial score (nSPS) is 15.3. The highest BCUT2D eigenvalue weighted by molar-refractivity contribution is 6.40. The molecule has 0 bridgehead atoms. The molecule has 2 aromatic carbocycles. The van der Waals surface area contributed by atoms with Crippen LogP contribution in [0.1, 0.15) is 15.9 Å². The first-order valence-electron chi connectivity index (χ1n) is 10.1. The number of benzene rings is 2. The van der Waals surface area contributed by atoms with Crippen LogP contribution >= 0.6 is 0 Å². The third-order valence-corrected chi connectivity index (χ3v) is 4.86. The summed E-state index contributed by atoms with van der Waals surface area (Å²) in [6, 6.07) is 11.7. The summed E-state index contributed by atoms with van der Waals surface area (Å²) >= 11 is 0. The fourth-order valence-electron chi connectivity index (χ4n) is 3.25. The van der Waals surface area contributed by atoms with Gasteiger partial charge in [-0.1, -0.05) is 12.1 Å². The first-order chi connectivity index (χ1) is 15.6. The van der Waals surface area contributed by atoms with Crippen LogP contribution in [0.4, 0.5) is 5.69 Å². The zero-order valence-electron chi connectivity index (χ0n) is 17.2. The van der Waals surface area contributed by atoms with E-state index in [-0.39, 0.29) is 11.6 Å². The third kappa shape index (κ3) is 5.03. The van der Waals surface area contributed by atoms with E-state index in [2.05, 4.69) is 15.8 Å². The van der Waals surface area contributed by atoms with E-state index in [0.29, 0.717) is 62.1 Å². The standard InChI is InChI=1S/C22H22N4O6/c27-20(21(28)25-23-14-15-5-6-18-19(13-15)32-12-11-31-18)24-17-4-2-1-3-16(17)22(29)26-7-9-30-10-8-26/h1-6,13-14H,7-12H2,(H,24,27)(H,25,28)/b23-14-. The molecular weight excluding hydrogens is 416 g/mol. The van der Waals surface area contributed by atoms with Crippen LogP contribution in [0, 0.1) is 0 Å². The van der Waals surface area contributed by atoms with Gasteiger partial charge in [0, 0.05) is 13.1 Å². The molecule has 0 aromatic heterocycles. The van der Waals surface area contributed by atoms with Crippen LogP contribution in [0.3, 0.4) is 0 Å². The Morgan fingerprint density at radius 1 is 0.906 bits per heavy atom. The number of carbonyl (C=O) groups excluding carboxylic acids is 3. The second-order valence-electron chi connectivity index (χ2n) is 7.01. The molecule has 10 heteroatoms. The van der Waals surface area contributed by atoms with Gasteiger partial charge in [0.2, 0.25) is 0 Å². The molecule has 0 saturated carbocycles. The fourth-order valence-corrected chi connectivity index (χ4v) is 3.25. The van der Waals surface area contributed by atoms with Gasteiger partial charge in [0.1, 0.15) is 13.2 Å². The van der Waals surface area contributed by atoms with Crippen LogP contribution in [0.2, 0.25) is 0 Å². The van der Waals surface area contributed by atoms with E-state index >= 15 is 0 Å². The van der Waals surface area contributed by atoms with Crippen molar-refractivity contribution in [1.29, 1.82) is 0 Å². The Balaban J connectivity index is 1.36. The number of hydrogen-bond acceptors (Lipinski definition) is 7. The molecule has 1 fully saturated rings.